The van der Waals surface area contributed by atoms with Gasteiger partial charge < -0.3 is 15.5 Å². The lowest BCUT2D eigenvalue weighted by Gasteiger charge is -2.39. The van der Waals surface area contributed by atoms with E-state index in [1.807, 2.05) is 78.9 Å². The van der Waals surface area contributed by atoms with Crippen LogP contribution in [0.5, 0.6) is 0 Å². The molecule has 4 rings (SSSR count). The average molecular weight is 568 g/mol. The number of unbranched alkanes of at least 4 members (excludes halogenated alkanes) is 1. The molecule has 1 unspecified atom stereocenters. The van der Waals surface area contributed by atoms with Crippen LogP contribution in [-0.4, -0.2) is 41.8 Å². The molecule has 0 saturated carbocycles. The first-order chi connectivity index (χ1) is 20.3. The number of nitrogens with zero attached hydrogens (tertiary/aromatic N) is 1. The maximum atomic E-state index is 13.6. The van der Waals surface area contributed by atoms with Crippen molar-refractivity contribution in [2.24, 2.45) is 5.92 Å². The second-order valence-corrected chi connectivity index (χ2v) is 11.8. The number of carbonyl (C=O) groups is 3. The van der Waals surface area contributed by atoms with Crippen LogP contribution < -0.4 is 10.6 Å². The van der Waals surface area contributed by atoms with E-state index < -0.39 is 6.04 Å². The fraction of sp³-hybridized carbons (Fsp3) is 0.417. The Morgan fingerprint density at radius 1 is 0.857 bits per heavy atom. The second-order valence-electron chi connectivity index (χ2n) is 11.8. The number of carbonyl (C=O) groups excluding carboxylic acids is 3. The van der Waals surface area contributed by atoms with Crippen molar-refractivity contribution < 1.29 is 14.4 Å². The van der Waals surface area contributed by atoms with E-state index in [0.717, 1.165) is 36.8 Å². The van der Waals surface area contributed by atoms with Gasteiger partial charge in [0.25, 0.3) is 0 Å². The van der Waals surface area contributed by atoms with E-state index in [1.54, 1.807) is 11.8 Å². The Labute approximate surface area is 250 Å². The van der Waals surface area contributed by atoms with E-state index in [-0.39, 0.29) is 29.2 Å². The summed E-state index contributed by atoms with van der Waals surface area (Å²) >= 11 is 0. The zero-order chi connectivity index (χ0) is 30.0. The Morgan fingerprint density at radius 2 is 1.43 bits per heavy atom. The highest BCUT2D eigenvalue weighted by molar-refractivity contribution is 5.88. The molecule has 2 N–H and O–H groups in total. The minimum Gasteiger partial charge on any atom is -0.355 e. The number of amides is 3. The minimum absolute atomic E-state index is 0.0359. The number of hydrogen-bond acceptors (Lipinski definition) is 3. The number of rotatable bonds is 13. The summed E-state index contributed by atoms with van der Waals surface area (Å²) in [4.78, 5) is 40.6. The molecule has 6 nitrogen and oxygen atoms in total. The molecule has 0 aliphatic carbocycles. The van der Waals surface area contributed by atoms with Crippen LogP contribution in [0.1, 0.15) is 82.0 Å². The smallest absolute Gasteiger partial charge is 0.243 e. The predicted molar refractivity (Wildman–Crippen MR) is 168 cm³/mol. The Balaban J connectivity index is 1.39. The van der Waals surface area contributed by atoms with Gasteiger partial charge in [0.1, 0.15) is 6.04 Å². The largest absolute Gasteiger partial charge is 0.355 e. The van der Waals surface area contributed by atoms with E-state index in [4.69, 9.17) is 0 Å². The van der Waals surface area contributed by atoms with Crippen LogP contribution in [0.15, 0.2) is 91.0 Å². The molecular weight excluding hydrogens is 522 g/mol. The van der Waals surface area contributed by atoms with Gasteiger partial charge in [0.2, 0.25) is 17.7 Å². The topological polar surface area (TPSA) is 78.5 Å². The molecule has 1 saturated heterocycles. The van der Waals surface area contributed by atoms with Gasteiger partial charge >= 0.3 is 0 Å². The van der Waals surface area contributed by atoms with Gasteiger partial charge in [-0.3, -0.25) is 14.4 Å². The van der Waals surface area contributed by atoms with E-state index in [0.29, 0.717) is 31.8 Å². The summed E-state index contributed by atoms with van der Waals surface area (Å²) in [5.74, 6) is 0.208. The van der Waals surface area contributed by atoms with E-state index in [2.05, 4.69) is 36.6 Å². The molecule has 6 heteroatoms. The number of hydrogen-bond donors (Lipinski definition) is 2. The van der Waals surface area contributed by atoms with Crippen LogP contribution in [0.25, 0.3) is 0 Å². The van der Waals surface area contributed by atoms with E-state index in [1.165, 1.54) is 5.56 Å². The second kappa shape index (κ2) is 14.8. The highest BCUT2D eigenvalue weighted by Crippen LogP contribution is 2.37. The van der Waals surface area contributed by atoms with Gasteiger partial charge in [0.05, 0.1) is 6.04 Å². The van der Waals surface area contributed by atoms with Crippen molar-refractivity contribution in [3.63, 3.8) is 0 Å². The van der Waals surface area contributed by atoms with Gasteiger partial charge in [-0.05, 0) is 48.3 Å². The highest BCUT2D eigenvalue weighted by Gasteiger charge is 2.37. The molecule has 1 fully saturated rings. The highest BCUT2D eigenvalue weighted by atomic mass is 16.2. The summed E-state index contributed by atoms with van der Waals surface area (Å²) in [5.41, 5.74) is 3.02. The zero-order valence-electron chi connectivity index (χ0n) is 25.2. The molecule has 1 aliphatic heterocycles. The molecule has 1 aliphatic rings. The van der Waals surface area contributed by atoms with Gasteiger partial charge in [0.15, 0.2) is 0 Å². The van der Waals surface area contributed by atoms with Crippen molar-refractivity contribution in [2.75, 3.05) is 13.1 Å². The van der Waals surface area contributed by atoms with E-state index >= 15 is 0 Å². The molecule has 0 aromatic heterocycles. The molecule has 42 heavy (non-hydrogen) atoms. The van der Waals surface area contributed by atoms with Crippen molar-refractivity contribution in [1.82, 2.24) is 15.5 Å². The third kappa shape index (κ3) is 7.67. The molecule has 2 atom stereocenters. The SMILES string of the molecule is CC(=O)NCC(CCCCC(=O)N1CCC[C@@H]1C(=O)NC(c1ccccc1)c1ccccc1)(c1ccccc1)C(C)C. The Kier molecular flexibility index (Phi) is 10.9. The zero-order valence-corrected chi connectivity index (χ0v) is 25.2. The first-order valence-electron chi connectivity index (χ1n) is 15.3. The van der Waals surface area contributed by atoms with Crippen LogP contribution in [0, 0.1) is 5.92 Å². The maximum Gasteiger partial charge on any atom is 0.243 e. The molecule has 0 spiro atoms. The number of likely N-dealkylation sites (tertiary alicyclic amines) is 1. The monoisotopic (exact) mass is 567 g/mol. The third-order valence-corrected chi connectivity index (χ3v) is 8.80. The predicted octanol–water partition coefficient (Wildman–Crippen LogP) is 6.17. The van der Waals surface area contributed by atoms with Crippen molar-refractivity contribution in [2.45, 2.75) is 76.8 Å². The minimum atomic E-state index is -0.453. The molecule has 3 amide bonds. The van der Waals surface area contributed by atoms with Crippen molar-refractivity contribution in [3.05, 3.63) is 108 Å². The molecule has 222 valence electrons. The molecule has 3 aromatic rings. The fourth-order valence-corrected chi connectivity index (χ4v) is 6.30. The standard InChI is InChI=1S/C36H45N3O3/c1-27(2)36(26-37-28(3)40,31-20-11-6-12-21-31)24-14-13-23-33(41)39-25-15-22-32(39)35(42)38-34(29-16-7-4-8-17-29)30-18-9-5-10-19-30/h4-12,16-21,27,32,34H,13-15,22-26H2,1-3H3,(H,37,40)(H,38,42)/t32-,36?/m1/s1. The van der Waals surface area contributed by atoms with Crippen LogP contribution in [0.2, 0.25) is 0 Å². The lowest BCUT2D eigenvalue weighted by Crippen LogP contribution is -2.47. The summed E-state index contributed by atoms with van der Waals surface area (Å²) in [7, 11) is 0. The summed E-state index contributed by atoms with van der Waals surface area (Å²) < 4.78 is 0. The van der Waals surface area contributed by atoms with E-state index in [9.17, 15) is 14.4 Å². The van der Waals surface area contributed by atoms with Crippen LogP contribution in [0.3, 0.4) is 0 Å². The van der Waals surface area contributed by atoms with Crippen molar-refractivity contribution in [1.29, 1.82) is 0 Å². The molecule has 0 radical (unpaired) electrons. The molecule has 1 heterocycles. The molecular formula is C36H45N3O3. The maximum absolute atomic E-state index is 13.6. The Morgan fingerprint density at radius 3 is 1.98 bits per heavy atom. The van der Waals surface area contributed by atoms with Crippen LogP contribution in [0.4, 0.5) is 0 Å². The molecule has 3 aromatic carbocycles. The van der Waals surface area contributed by atoms with Crippen LogP contribution >= 0.6 is 0 Å². The number of benzene rings is 3. The van der Waals surface area contributed by atoms with Gasteiger partial charge in [0, 0.05) is 31.8 Å². The lowest BCUT2D eigenvalue weighted by atomic mass is 9.68. The van der Waals surface area contributed by atoms with Gasteiger partial charge in [-0.25, -0.2) is 0 Å². The Hall–Kier alpha value is -3.93. The Bertz CT molecular complexity index is 1260. The molecule has 0 bridgehead atoms. The lowest BCUT2D eigenvalue weighted by molar-refractivity contribution is -0.138. The average Bonchev–Trinajstić information content (AvgIpc) is 3.51. The fourth-order valence-electron chi connectivity index (χ4n) is 6.30. The third-order valence-electron chi connectivity index (χ3n) is 8.80. The van der Waals surface area contributed by atoms with Crippen LogP contribution in [-0.2, 0) is 19.8 Å². The van der Waals surface area contributed by atoms with Gasteiger partial charge in [-0.2, -0.15) is 0 Å². The summed E-state index contributed by atoms with van der Waals surface area (Å²) in [6.45, 7) is 7.13. The van der Waals surface area contributed by atoms with Crippen molar-refractivity contribution in [3.8, 4) is 0 Å². The first-order valence-corrected chi connectivity index (χ1v) is 15.3. The summed E-state index contributed by atoms with van der Waals surface area (Å²) in [5, 5.41) is 6.31. The number of nitrogens with one attached hydrogen (secondary N) is 2. The summed E-state index contributed by atoms with van der Waals surface area (Å²) in [6, 6.07) is 29.6. The van der Waals surface area contributed by atoms with Gasteiger partial charge in [-0.15, -0.1) is 0 Å². The normalized spacial score (nSPS) is 16.3. The quantitative estimate of drug-likeness (QED) is 0.242. The first kappa shape index (κ1) is 31.0. The summed E-state index contributed by atoms with van der Waals surface area (Å²) in [6.07, 6.45) is 4.37. The van der Waals surface area contributed by atoms with Crippen molar-refractivity contribution >= 4 is 17.7 Å². The van der Waals surface area contributed by atoms with Gasteiger partial charge in [-0.1, -0.05) is 111 Å².